The second-order valence-corrected chi connectivity index (χ2v) is 6.05. The summed E-state index contributed by atoms with van der Waals surface area (Å²) in [5, 5.41) is 0. The first-order valence-corrected chi connectivity index (χ1v) is 8.62. The van der Waals surface area contributed by atoms with Crippen molar-refractivity contribution in [1.29, 1.82) is 0 Å². The zero-order valence-corrected chi connectivity index (χ0v) is 14.6. The van der Waals surface area contributed by atoms with E-state index in [1.165, 1.54) is 0 Å². The molecule has 1 fully saturated rings. The van der Waals surface area contributed by atoms with Crippen molar-refractivity contribution in [1.82, 2.24) is 4.90 Å². The van der Waals surface area contributed by atoms with Crippen LogP contribution in [0.3, 0.4) is 0 Å². The number of carbonyl (C=O) groups excluding carboxylic acids is 1. The fourth-order valence-electron chi connectivity index (χ4n) is 2.98. The van der Waals surface area contributed by atoms with Crippen LogP contribution in [-0.4, -0.2) is 24.6 Å². The molecule has 1 aliphatic heterocycles. The topological polar surface area (TPSA) is 38.8 Å². The van der Waals surface area contributed by atoms with Gasteiger partial charge in [0, 0.05) is 6.54 Å². The highest BCUT2D eigenvalue weighted by atomic mass is 16.6. The summed E-state index contributed by atoms with van der Waals surface area (Å²) in [5.41, 5.74) is 2.03. The van der Waals surface area contributed by atoms with Crippen LogP contribution in [0.25, 0.3) is 6.08 Å². The lowest BCUT2D eigenvalue weighted by Gasteiger charge is -2.22. The number of amides is 1. The van der Waals surface area contributed by atoms with Crippen molar-refractivity contribution in [2.45, 2.75) is 25.8 Å². The van der Waals surface area contributed by atoms with Crippen molar-refractivity contribution in [2.24, 2.45) is 0 Å². The number of nitrogens with zero attached hydrogens (tertiary/aromatic N) is 1. The molecule has 0 aromatic heterocycles. The number of ether oxygens (including phenoxy) is 2. The van der Waals surface area contributed by atoms with Crippen molar-refractivity contribution in [2.75, 3.05) is 13.7 Å². The number of unbranched alkanes of at least 4 members (excludes halogenated alkanes) is 1. The zero-order valence-electron chi connectivity index (χ0n) is 14.6. The van der Waals surface area contributed by atoms with Gasteiger partial charge < -0.3 is 9.47 Å². The summed E-state index contributed by atoms with van der Waals surface area (Å²) in [6.45, 7) is 2.79. The van der Waals surface area contributed by atoms with E-state index in [-0.39, 0.29) is 12.1 Å². The van der Waals surface area contributed by atoms with E-state index in [1.54, 1.807) is 12.0 Å². The molecule has 3 rings (SSSR count). The number of cyclic esters (lactones) is 1. The maximum atomic E-state index is 12.4. The van der Waals surface area contributed by atoms with Crippen LogP contribution in [0, 0.1) is 0 Å². The first-order chi connectivity index (χ1) is 12.2. The molecular weight excluding hydrogens is 314 g/mol. The SMILES string of the molecule is CCCCN1C(=O)O/C(=C\c2ccccc2)C1c1ccc(OC)cc1. The lowest BCUT2D eigenvalue weighted by atomic mass is 10.0. The van der Waals surface area contributed by atoms with Crippen LogP contribution in [0.1, 0.15) is 36.9 Å². The minimum atomic E-state index is -0.281. The molecule has 1 atom stereocenters. The van der Waals surface area contributed by atoms with Crippen molar-refractivity contribution in [3.05, 3.63) is 71.5 Å². The average Bonchev–Trinajstić information content (AvgIpc) is 2.95. The molecule has 4 heteroatoms. The molecule has 4 nitrogen and oxygen atoms in total. The minimum absolute atomic E-state index is 0.204. The molecule has 1 aliphatic rings. The highest BCUT2D eigenvalue weighted by Crippen LogP contribution is 2.38. The summed E-state index contributed by atoms with van der Waals surface area (Å²) in [6.07, 6.45) is 3.63. The van der Waals surface area contributed by atoms with Crippen molar-refractivity contribution in [3.8, 4) is 5.75 Å². The molecule has 1 heterocycles. The van der Waals surface area contributed by atoms with Crippen LogP contribution in [0.5, 0.6) is 5.75 Å². The monoisotopic (exact) mass is 337 g/mol. The number of carbonyl (C=O) groups is 1. The number of hydrogen-bond donors (Lipinski definition) is 0. The summed E-state index contributed by atoms with van der Waals surface area (Å²) in [5.74, 6) is 1.46. The van der Waals surface area contributed by atoms with Crippen LogP contribution < -0.4 is 4.74 Å². The van der Waals surface area contributed by atoms with E-state index in [2.05, 4.69) is 6.92 Å². The Labute approximate surface area is 148 Å². The van der Waals surface area contributed by atoms with Gasteiger partial charge in [0.1, 0.15) is 17.6 Å². The summed E-state index contributed by atoms with van der Waals surface area (Å²) in [7, 11) is 1.64. The maximum Gasteiger partial charge on any atom is 0.415 e. The Morgan fingerprint density at radius 3 is 2.48 bits per heavy atom. The standard InChI is InChI=1S/C21H23NO3/c1-3-4-14-22-20(17-10-12-18(24-2)13-11-17)19(25-21(22)23)15-16-8-6-5-7-9-16/h5-13,15,20H,3-4,14H2,1-2H3/b19-15-. The van der Waals surface area contributed by atoms with Gasteiger partial charge in [0.15, 0.2) is 0 Å². The molecule has 130 valence electrons. The second kappa shape index (κ2) is 7.88. The first-order valence-electron chi connectivity index (χ1n) is 8.62. The first kappa shape index (κ1) is 17.1. The van der Waals surface area contributed by atoms with Crippen molar-refractivity contribution >= 4 is 12.2 Å². The Morgan fingerprint density at radius 2 is 1.84 bits per heavy atom. The van der Waals surface area contributed by atoms with Gasteiger partial charge in [-0.25, -0.2) is 4.79 Å². The Kier molecular flexibility index (Phi) is 5.39. The summed E-state index contributed by atoms with van der Waals surface area (Å²) < 4.78 is 10.9. The lowest BCUT2D eigenvalue weighted by molar-refractivity contribution is 0.164. The van der Waals surface area contributed by atoms with E-state index in [0.29, 0.717) is 12.3 Å². The van der Waals surface area contributed by atoms with Crippen LogP contribution in [0.4, 0.5) is 4.79 Å². The third-order valence-electron chi connectivity index (χ3n) is 4.31. The molecule has 0 saturated carbocycles. The van der Waals surface area contributed by atoms with E-state index in [9.17, 15) is 4.79 Å². The number of benzene rings is 2. The lowest BCUT2D eigenvalue weighted by Crippen LogP contribution is -2.28. The summed E-state index contributed by atoms with van der Waals surface area (Å²) in [6, 6.07) is 17.5. The van der Waals surface area contributed by atoms with Crippen LogP contribution in [0.15, 0.2) is 60.4 Å². The van der Waals surface area contributed by atoms with Gasteiger partial charge in [-0.15, -0.1) is 0 Å². The molecule has 2 aromatic rings. The minimum Gasteiger partial charge on any atom is -0.497 e. The normalized spacial score (nSPS) is 18.5. The van der Waals surface area contributed by atoms with E-state index < -0.39 is 0 Å². The predicted octanol–water partition coefficient (Wildman–Crippen LogP) is 5.03. The molecular formula is C21H23NO3. The molecule has 25 heavy (non-hydrogen) atoms. The summed E-state index contributed by atoms with van der Waals surface area (Å²) in [4.78, 5) is 14.2. The van der Waals surface area contributed by atoms with Gasteiger partial charge in [0.05, 0.1) is 7.11 Å². The average molecular weight is 337 g/mol. The Balaban J connectivity index is 1.97. The van der Waals surface area contributed by atoms with Crippen LogP contribution in [0.2, 0.25) is 0 Å². The van der Waals surface area contributed by atoms with Crippen molar-refractivity contribution < 1.29 is 14.3 Å². The van der Waals surface area contributed by atoms with E-state index in [1.807, 2.05) is 60.7 Å². The number of methoxy groups -OCH3 is 1. The molecule has 2 aromatic carbocycles. The number of hydrogen-bond acceptors (Lipinski definition) is 3. The van der Waals surface area contributed by atoms with Crippen molar-refractivity contribution in [3.63, 3.8) is 0 Å². The molecule has 0 radical (unpaired) electrons. The van der Waals surface area contributed by atoms with Gasteiger partial charge in [-0.2, -0.15) is 0 Å². The Bertz CT molecular complexity index is 737. The fraction of sp³-hybridized carbons (Fsp3) is 0.286. The van der Waals surface area contributed by atoms with Gasteiger partial charge in [0.2, 0.25) is 0 Å². The highest BCUT2D eigenvalue weighted by Gasteiger charge is 2.38. The van der Waals surface area contributed by atoms with Gasteiger partial charge >= 0.3 is 6.09 Å². The quantitative estimate of drug-likeness (QED) is 0.742. The molecule has 0 spiro atoms. The molecule has 1 saturated heterocycles. The molecule has 1 amide bonds. The maximum absolute atomic E-state index is 12.4. The van der Waals surface area contributed by atoms with E-state index in [4.69, 9.17) is 9.47 Å². The zero-order chi connectivity index (χ0) is 17.6. The smallest absolute Gasteiger partial charge is 0.415 e. The molecule has 0 aliphatic carbocycles. The molecule has 0 bridgehead atoms. The second-order valence-electron chi connectivity index (χ2n) is 6.05. The van der Waals surface area contributed by atoms with E-state index in [0.717, 1.165) is 29.7 Å². The molecule has 1 unspecified atom stereocenters. The fourth-order valence-corrected chi connectivity index (χ4v) is 2.98. The van der Waals surface area contributed by atoms with Gasteiger partial charge in [0.25, 0.3) is 0 Å². The van der Waals surface area contributed by atoms with Crippen LogP contribution in [-0.2, 0) is 4.74 Å². The third-order valence-corrected chi connectivity index (χ3v) is 4.31. The van der Waals surface area contributed by atoms with Crippen LogP contribution >= 0.6 is 0 Å². The third kappa shape index (κ3) is 3.85. The van der Waals surface area contributed by atoms with Gasteiger partial charge in [-0.05, 0) is 35.8 Å². The summed E-state index contributed by atoms with van der Waals surface area (Å²) >= 11 is 0. The Morgan fingerprint density at radius 1 is 1.12 bits per heavy atom. The highest BCUT2D eigenvalue weighted by molar-refractivity contribution is 5.76. The Hall–Kier alpha value is -2.75. The molecule has 0 N–H and O–H groups in total. The van der Waals surface area contributed by atoms with Gasteiger partial charge in [-0.1, -0.05) is 55.8 Å². The largest absolute Gasteiger partial charge is 0.497 e. The van der Waals surface area contributed by atoms with Gasteiger partial charge in [-0.3, -0.25) is 4.90 Å². The number of rotatable bonds is 6. The predicted molar refractivity (Wildman–Crippen MR) is 98.2 cm³/mol. The van der Waals surface area contributed by atoms with E-state index >= 15 is 0 Å².